The molecule has 5 heteroatoms. The topological polar surface area (TPSA) is 75.4 Å². The van der Waals surface area contributed by atoms with E-state index in [0.29, 0.717) is 12.5 Å². The van der Waals surface area contributed by atoms with Crippen molar-refractivity contribution in [1.82, 2.24) is 10.2 Å². The van der Waals surface area contributed by atoms with Crippen LogP contribution in [0.15, 0.2) is 0 Å². The van der Waals surface area contributed by atoms with Gasteiger partial charge in [-0.25, -0.2) is 0 Å². The lowest BCUT2D eigenvalue weighted by Crippen LogP contribution is -2.46. The molecule has 1 fully saturated rings. The summed E-state index contributed by atoms with van der Waals surface area (Å²) in [6, 6.07) is -0.537. The highest BCUT2D eigenvalue weighted by Gasteiger charge is 2.24. The van der Waals surface area contributed by atoms with Crippen LogP contribution in [-0.4, -0.2) is 42.4 Å². The number of hydrogen-bond donors (Lipinski definition) is 2. The first-order valence-electron chi connectivity index (χ1n) is 6.31. The van der Waals surface area contributed by atoms with Crippen molar-refractivity contribution in [2.45, 2.75) is 39.2 Å². The number of carbonyl (C=O) groups is 2. The minimum absolute atomic E-state index is 0.0301. The second-order valence-electron chi connectivity index (χ2n) is 5.05. The lowest BCUT2D eigenvalue weighted by molar-refractivity contribution is -0.133. The summed E-state index contributed by atoms with van der Waals surface area (Å²) in [5.74, 6) is 0.0134. The molecule has 1 rings (SSSR count). The Morgan fingerprint density at radius 3 is 2.35 bits per heavy atom. The molecule has 0 radical (unpaired) electrons. The van der Waals surface area contributed by atoms with Gasteiger partial charge in [0.1, 0.15) is 0 Å². The van der Waals surface area contributed by atoms with Crippen LogP contribution in [0.4, 0.5) is 0 Å². The summed E-state index contributed by atoms with van der Waals surface area (Å²) in [7, 11) is 0. The quantitative estimate of drug-likeness (QED) is 0.692. The van der Waals surface area contributed by atoms with Gasteiger partial charge in [-0.2, -0.15) is 0 Å². The van der Waals surface area contributed by atoms with E-state index in [2.05, 4.69) is 5.32 Å². The number of hydrogen-bond acceptors (Lipinski definition) is 3. The predicted octanol–water partition coefficient (Wildman–Crippen LogP) is 0.0984. The Morgan fingerprint density at radius 2 is 1.88 bits per heavy atom. The third-order valence-corrected chi connectivity index (χ3v) is 2.95. The number of nitrogens with two attached hydrogens (primary N) is 1. The fourth-order valence-corrected chi connectivity index (χ4v) is 1.92. The molecule has 17 heavy (non-hydrogen) atoms. The van der Waals surface area contributed by atoms with Crippen LogP contribution >= 0.6 is 0 Å². The van der Waals surface area contributed by atoms with Gasteiger partial charge in [0.15, 0.2) is 0 Å². The number of amides is 2. The average Bonchev–Trinajstić information content (AvgIpc) is 2.76. The zero-order valence-electron chi connectivity index (χ0n) is 10.7. The molecule has 1 aliphatic heterocycles. The SMILES string of the molecule is CC(C)CNC(CC(=O)N1CCCC1)C(N)=O. The number of nitrogens with zero attached hydrogens (tertiary/aromatic N) is 1. The van der Waals surface area contributed by atoms with Gasteiger partial charge in [-0.1, -0.05) is 13.8 Å². The van der Waals surface area contributed by atoms with Crippen molar-refractivity contribution in [3.63, 3.8) is 0 Å². The Kier molecular flexibility index (Phi) is 5.41. The number of likely N-dealkylation sites (tertiary alicyclic amines) is 1. The van der Waals surface area contributed by atoms with Crippen LogP contribution in [0.25, 0.3) is 0 Å². The summed E-state index contributed by atoms with van der Waals surface area (Å²) >= 11 is 0. The van der Waals surface area contributed by atoms with Crippen molar-refractivity contribution in [3.8, 4) is 0 Å². The molecule has 0 spiro atoms. The van der Waals surface area contributed by atoms with E-state index >= 15 is 0 Å². The van der Waals surface area contributed by atoms with Gasteiger partial charge in [0.05, 0.1) is 12.5 Å². The highest BCUT2D eigenvalue weighted by Crippen LogP contribution is 2.10. The highest BCUT2D eigenvalue weighted by atomic mass is 16.2. The molecule has 0 bridgehead atoms. The van der Waals surface area contributed by atoms with Crippen molar-refractivity contribution < 1.29 is 9.59 Å². The van der Waals surface area contributed by atoms with E-state index in [9.17, 15) is 9.59 Å². The summed E-state index contributed by atoms with van der Waals surface area (Å²) in [6.45, 7) is 6.42. The van der Waals surface area contributed by atoms with Crippen molar-refractivity contribution >= 4 is 11.8 Å². The van der Waals surface area contributed by atoms with Crippen LogP contribution in [-0.2, 0) is 9.59 Å². The maximum Gasteiger partial charge on any atom is 0.235 e. The van der Waals surface area contributed by atoms with Crippen molar-refractivity contribution in [2.24, 2.45) is 11.7 Å². The minimum atomic E-state index is -0.537. The summed E-state index contributed by atoms with van der Waals surface area (Å²) in [5, 5.41) is 3.05. The predicted molar refractivity (Wildman–Crippen MR) is 66.3 cm³/mol. The first-order valence-corrected chi connectivity index (χ1v) is 6.31. The van der Waals surface area contributed by atoms with Crippen LogP contribution in [0.1, 0.15) is 33.1 Å². The maximum absolute atomic E-state index is 11.9. The summed E-state index contributed by atoms with van der Waals surface area (Å²) in [5.41, 5.74) is 5.30. The average molecular weight is 241 g/mol. The molecular formula is C12H23N3O2. The van der Waals surface area contributed by atoms with Gasteiger partial charge >= 0.3 is 0 Å². The Balaban J connectivity index is 2.42. The molecule has 1 saturated heterocycles. The molecule has 1 aliphatic rings. The van der Waals surface area contributed by atoms with Crippen molar-refractivity contribution in [3.05, 3.63) is 0 Å². The van der Waals surface area contributed by atoms with E-state index < -0.39 is 11.9 Å². The Hall–Kier alpha value is -1.10. The Labute approximate surface area is 103 Å². The number of primary amides is 1. The number of carbonyl (C=O) groups excluding carboxylic acids is 2. The standard InChI is InChI=1S/C12H23N3O2/c1-9(2)8-14-10(12(13)17)7-11(16)15-5-3-4-6-15/h9-10,14H,3-8H2,1-2H3,(H2,13,17). The largest absolute Gasteiger partial charge is 0.368 e. The molecule has 0 aromatic heterocycles. The number of nitrogens with one attached hydrogen (secondary N) is 1. The van der Waals surface area contributed by atoms with Crippen LogP contribution < -0.4 is 11.1 Å². The van der Waals surface area contributed by atoms with E-state index in [1.807, 2.05) is 18.7 Å². The summed E-state index contributed by atoms with van der Waals surface area (Å²) in [4.78, 5) is 24.9. The molecule has 98 valence electrons. The molecule has 1 heterocycles. The lowest BCUT2D eigenvalue weighted by atomic mass is 10.1. The van der Waals surface area contributed by atoms with Gasteiger partial charge in [0, 0.05) is 13.1 Å². The summed E-state index contributed by atoms with van der Waals surface area (Å²) < 4.78 is 0. The van der Waals surface area contributed by atoms with Crippen LogP contribution in [0.5, 0.6) is 0 Å². The molecular weight excluding hydrogens is 218 g/mol. The number of rotatable bonds is 6. The molecule has 0 saturated carbocycles. The first-order chi connectivity index (χ1) is 8.00. The zero-order valence-corrected chi connectivity index (χ0v) is 10.7. The fraction of sp³-hybridized carbons (Fsp3) is 0.833. The lowest BCUT2D eigenvalue weighted by Gasteiger charge is -2.20. The smallest absolute Gasteiger partial charge is 0.235 e. The van der Waals surface area contributed by atoms with Gasteiger partial charge < -0.3 is 16.0 Å². The molecule has 0 aliphatic carbocycles. The zero-order chi connectivity index (χ0) is 12.8. The Morgan fingerprint density at radius 1 is 1.29 bits per heavy atom. The van der Waals surface area contributed by atoms with E-state index in [-0.39, 0.29) is 12.3 Å². The van der Waals surface area contributed by atoms with Crippen LogP contribution in [0.3, 0.4) is 0 Å². The Bertz CT molecular complexity index is 273. The van der Waals surface area contributed by atoms with Crippen molar-refractivity contribution in [2.75, 3.05) is 19.6 Å². The molecule has 2 amide bonds. The molecule has 3 N–H and O–H groups in total. The minimum Gasteiger partial charge on any atom is -0.368 e. The second-order valence-corrected chi connectivity index (χ2v) is 5.05. The maximum atomic E-state index is 11.9. The second kappa shape index (κ2) is 6.59. The molecule has 0 aromatic rings. The monoisotopic (exact) mass is 241 g/mol. The third kappa shape index (κ3) is 4.73. The molecule has 1 unspecified atom stereocenters. The van der Waals surface area contributed by atoms with Gasteiger partial charge in [0.25, 0.3) is 0 Å². The summed E-state index contributed by atoms with van der Waals surface area (Å²) in [6.07, 6.45) is 2.31. The van der Waals surface area contributed by atoms with Gasteiger partial charge in [-0.3, -0.25) is 9.59 Å². The van der Waals surface area contributed by atoms with Gasteiger partial charge in [0.2, 0.25) is 11.8 Å². The van der Waals surface area contributed by atoms with Gasteiger partial charge in [-0.05, 0) is 25.3 Å². The molecule has 5 nitrogen and oxygen atoms in total. The van der Waals surface area contributed by atoms with E-state index in [1.54, 1.807) is 0 Å². The third-order valence-electron chi connectivity index (χ3n) is 2.95. The first kappa shape index (κ1) is 14.0. The van der Waals surface area contributed by atoms with Crippen LogP contribution in [0.2, 0.25) is 0 Å². The van der Waals surface area contributed by atoms with Crippen molar-refractivity contribution in [1.29, 1.82) is 0 Å². The molecule has 0 aromatic carbocycles. The van der Waals surface area contributed by atoms with Crippen LogP contribution in [0, 0.1) is 5.92 Å². The normalized spacial score (nSPS) is 17.5. The van der Waals surface area contributed by atoms with E-state index in [0.717, 1.165) is 25.9 Å². The van der Waals surface area contributed by atoms with E-state index in [1.165, 1.54) is 0 Å². The van der Waals surface area contributed by atoms with E-state index in [4.69, 9.17) is 5.73 Å². The highest BCUT2D eigenvalue weighted by molar-refractivity contribution is 5.87. The fourth-order valence-electron chi connectivity index (χ4n) is 1.92. The molecule has 1 atom stereocenters. The van der Waals surface area contributed by atoms with Gasteiger partial charge in [-0.15, -0.1) is 0 Å².